The van der Waals surface area contributed by atoms with Crippen molar-refractivity contribution in [2.45, 2.75) is 39.2 Å². The van der Waals surface area contributed by atoms with Crippen LogP contribution in [0.1, 0.15) is 33.1 Å². The summed E-state index contributed by atoms with van der Waals surface area (Å²) in [5, 5.41) is 0. The van der Waals surface area contributed by atoms with Gasteiger partial charge in [0.15, 0.2) is 0 Å². The summed E-state index contributed by atoms with van der Waals surface area (Å²) in [5.74, 6) is 2.47. The molecule has 74 valence electrons. The normalized spacial score (nSPS) is 43.5. The van der Waals surface area contributed by atoms with Crippen molar-refractivity contribution in [3.8, 4) is 0 Å². The van der Waals surface area contributed by atoms with Gasteiger partial charge in [0.25, 0.3) is 0 Å². The highest BCUT2D eigenvalue weighted by atomic mass is 16.5. The van der Waals surface area contributed by atoms with E-state index in [2.05, 4.69) is 19.9 Å². The molecule has 2 aliphatic carbocycles. The van der Waals surface area contributed by atoms with Gasteiger partial charge in [0.2, 0.25) is 0 Å². The fraction of sp³-hybridized carbons (Fsp3) is 0.833. The molecule has 1 fully saturated rings. The van der Waals surface area contributed by atoms with Gasteiger partial charge >= 0.3 is 0 Å². The van der Waals surface area contributed by atoms with E-state index < -0.39 is 0 Å². The smallest absolute Gasteiger partial charge is 0.0851 e. The topological polar surface area (TPSA) is 9.23 Å². The molecule has 0 aliphatic heterocycles. The number of allylic oxidation sites excluding steroid dienone is 1. The fourth-order valence-corrected chi connectivity index (χ4v) is 2.80. The third-order valence-corrected chi connectivity index (χ3v) is 3.61. The highest BCUT2D eigenvalue weighted by molar-refractivity contribution is 5.34. The monoisotopic (exact) mass is 180 g/mol. The molecule has 0 N–H and O–H groups in total. The van der Waals surface area contributed by atoms with Crippen molar-refractivity contribution in [3.63, 3.8) is 0 Å². The summed E-state index contributed by atoms with van der Waals surface area (Å²) in [5.41, 5.74) is 1.59. The van der Waals surface area contributed by atoms with Crippen molar-refractivity contribution >= 4 is 0 Å². The Morgan fingerprint density at radius 3 is 2.85 bits per heavy atom. The second-order valence-corrected chi connectivity index (χ2v) is 4.65. The molecule has 1 heteroatoms. The third kappa shape index (κ3) is 1.67. The van der Waals surface area contributed by atoms with Gasteiger partial charge in [-0.2, -0.15) is 0 Å². The molecule has 1 saturated carbocycles. The maximum atomic E-state index is 5.44. The van der Waals surface area contributed by atoms with Gasteiger partial charge in [-0.15, -0.1) is 0 Å². The lowest BCUT2D eigenvalue weighted by atomic mass is 9.91. The standard InChI is InChI=1S/C12H20O/c1-4-9-5-8(2)6-10-11(7-9)12(10)13-3/h6,8-9,11-12H,4-5,7H2,1-3H3. The minimum Gasteiger partial charge on any atom is -0.376 e. The van der Waals surface area contributed by atoms with Crippen LogP contribution in [0.15, 0.2) is 11.6 Å². The fourth-order valence-electron chi connectivity index (χ4n) is 2.80. The van der Waals surface area contributed by atoms with Gasteiger partial charge in [-0.05, 0) is 30.3 Å². The van der Waals surface area contributed by atoms with Crippen LogP contribution in [0.2, 0.25) is 0 Å². The summed E-state index contributed by atoms with van der Waals surface area (Å²) in [4.78, 5) is 0. The van der Waals surface area contributed by atoms with Crippen LogP contribution in [0.25, 0.3) is 0 Å². The zero-order chi connectivity index (χ0) is 9.42. The molecule has 0 aromatic carbocycles. The Labute approximate surface area is 81.2 Å². The van der Waals surface area contributed by atoms with Gasteiger partial charge in [0.1, 0.15) is 0 Å². The Morgan fingerprint density at radius 1 is 1.46 bits per heavy atom. The van der Waals surface area contributed by atoms with E-state index in [1.165, 1.54) is 19.3 Å². The zero-order valence-electron chi connectivity index (χ0n) is 8.92. The Morgan fingerprint density at radius 2 is 2.23 bits per heavy atom. The van der Waals surface area contributed by atoms with Gasteiger partial charge in [-0.25, -0.2) is 0 Å². The van der Waals surface area contributed by atoms with Gasteiger partial charge in [0, 0.05) is 13.0 Å². The van der Waals surface area contributed by atoms with E-state index in [0.717, 1.165) is 17.8 Å². The lowest BCUT2D eigenvalue weighted by molar-refractivity contribution is 0.166. The molecule has 1 nitrogen and oxygen atoms in total. The molecular formula is C12H20O. The number of hydrogen-bond donors (Lipinski definition) is 0. The molecule has 0 spiro atoms. The van der Waals surface area contributed by atoms with Gasteiger partial charge in [0.05, 0.1) is 6.10 Å². The Hall–Kier alpha value is -0.300. The molecule has 2 aliphatic rings. The zero-order valence-corrected chi connectivity index (χ0v) is 8.92. The van der Waals surface area contributed by atoms with Crippen LogP contribution in [0, 0.1) is 17.8 Å². The van der Waals surface area contributed by atoms with E-state index in [1.54, 1.807) is 5.57 Å². The van der Waals surface area contributed by atoms with Gasteiger partial charge in [-0.1, -0.05) is 26.3 Å². The first-order valence-electron chi connectivity index (χ1n) is 5.50. The molecule has 13 heavy (non-hydrogen) atoms. The van der Waals surface area contributed by atoms with Crippen LogP contribution in [0.3, 0.4) is 0 Å². The quantitative estimate of drug-likeness (QED) is 0.593. The predicted octanol–water partition coefficient (Wildman–Crippen LogP) is 3.01. The Kier molecular flexibility index (Phi) is 2.46. The first-order valence-corrected chi connectivity index (χ1v) is 5.50. The van der Waals surface area contributed by atoms with E-state index in [4.69, 9.17) is 4.74 Å². The van der Waals surface area contributed by atoms with Gasteiger partial charge < -0.3 is 4.74 Å². The molecule has 0 bridgehead atoms. The molecule has 0 heterocycles. The van der Waals surface area contributed by atoms with Crippen LogP contribution in [0.4, 0.5) is 0 Å². The van der Waals surface area contributed by atoms with Crippen molar-refractivity contribution < 1.29 is 4.74 Å². The van der Waals surface area contributed by atoms with E-state index in [1.807, 2.05) is 7.11 Å². The average Bonchev–Trinajstić information content (AvgIpc) is 2.77. The summed E-state index contributed by atoms with van der Waals surface area (Å²) in [6, 6.07) is 0. The van der Waals surface area contributed by atoms with E-state index >= 15 is 0 Å². The van der Waals surface area contributed by atoms with Crippen molar-refractivity contribution in [1.82, 2.24) is 0 Å². The third-order valence-electron chi connectivity index (χ3n) is 3.61. The Bertz CT molecular complexity index is 219. The van der Waals surface area contributed by atoms with Crippen molar-refractivity contribution in [3.05, 3.63) is 11.6 Å². The van der Waals surface area contributed by atoms with Crippen LogP contribution in [0.5, 0.6) is 0 Å². The molecule has 4 unspecified atom stereocenters. The molecule has 0 amide bonds. The Balaban J connectivity index is 2.06. The first kappa shape index (κ1) is 9.26. The minimum absolute atomic E-state index is 0.483. The summed E-state index contributed by atoms with van der Waals surface area (Å²) >= 11 is 0. The van der Waals surface area contributed by atoms with E-state index in [9.17, 15) is 0 Å². The highest BCUT2D eigenvalue weighted by Gasteiger charge is 2.46. The highest BCUT2D eigenvalue weighted by Crippen LogP contribution is 2.49. The second kappa shape index (κ2) is 3.45. The molecule has 0 aromatic rings. The predicted molar refractivity (Wildman–Crippen MR) is 54.5 cm³/mol. The summed E-state index contributed by atoms with van der Waals surface area (Å²) in [6.07, 6.45) is 7.02. The number of fused-ring (bicyclic) bond motifs is 1. The van der Waals surface area contributed by atoms with E-state index in [0.29, 0.717) is 6.10 Å². The van der Waals surface area contributed by atoms with Gasteiger partial charge in [-0.3, -0.25) is 0 Å². The lowest BCUT2D eigenvalue weighted by Gasteiger charge is -2.15. The largest absolute Gasteiger partial charge is 0.376 e. The molecule has 2 rings (SSSR count). The molecular weight excluding hydrogens is 160 g/mol. The summed E-state index contributed by atoms with van der Waals surface area (Å²) < 4.78 is 5.44. The van der Waals surface area contributed by atoms with Crippen LogP contribution >= 0.6 is 0 Å². The van der Waals surface area contributed by atoms with Crippen molar-refractivity contribution in [1.29, 1.82) is 0 Å². The number of hydrogen-bond acceptors (Lipinski definition) is 1. The van der Waals surface area contributed by atoms with Crippen molar-refractivity contribution in [2.24, 2.45) is 17.8 Å². The summed E-state index contributed by atoms with van der Waals surface area (Å²) in [6.45, 7) is 4.65. The molecule has 0 aromatic heterocycles. The van der Waals surface area contributed by atoms with Crippen LogP contribution in [-0.4, -0.2) is 13.2 Å². The number of methoxy groups -OCH3 is 1. The average molecular weight is 180 g/mol. The van der Waals surface area contributed by atoms with Crippen LogP contribution < -0.4 is 0 Å². The second-order valence-electron chi connectivity index (χ2n) is 4.65. The summed E-state index contributed by atoms with van der Waals surface area (Å²) in [7, 11) is 1.84. The lowest BCUT2D eigenvalue weighted by Crippen LogP contribution is -2.06. The number of rotatable bonds is 2. The number of ether oxygens (including phenoxy) is 1. The molecule has 4 atom stereocenters. The maximum Gasteiger partial charge on any atom is 0.0851 e. The SMILES string of the molecule is CCC1CC(C)C=C2C(C1)C2OC. The molecule has 0 radical (unpaired) electrons. The van der Waals surface area contributed by atoms with Crippen molar-refractivity contribution in [2.75, 3.05) is 7.11 Å². The molecule has 0 saturated heterocycles. The first-order chi connectivity index (χ1) is 6.26. The maximum absolute atomic E-state index is 5.44. The van der Waals surface area contributed by atoms with E-state index in [-0.39, 0.29) is 0 Å². The minimum atomic E-state index is 0.483. The van der Waals surface area contributed by atoms with Crippen LogP contribution in [-0.2, 0) is 4.74 Å².